The predicted molar refractivity (Wildman–Crippen MR) is 125 cm³/mol. The van der Waals surface area contributed by atoms with Gasteiger partial charge in [-0.1, -0.05) is 48.5 Å². The van der Waals surface area contributed by atoms with E-state index in [4.69, 9.17) is 0 Å². The Bertz CT molecular complexity index is 1310. The molecule has 3 aromatic carbocycles. The molecule has 1 fully saturated rings. The molecular weight excluding hydrogens is 396 g/mol. The Balaban J connectivity index is 1.21. The molecule has 6 rings (SSSR count). The minimum Gasteiger partial charge on any atom is -0.550 e. The van der Waals surface area contributed by atoms with E-state index in [2.05, 4.69) is 70.5 Å². The molecule has 1 saturated heterocycles. The Morgan fingerprint density at radius 1 is 0.969 bits per heavy atom. The zero-order valence-corrected chi connectivity index (χ0v) is 18.1. The minimum absolute atomic E-state index is 0.0898. The van der Waals surface area contributed by atoms with Gasteiger partial charge in [0, 0.05) is 34.3 Å². The van der Waals surface area contributed by atoms with Gasteiger partial charge in [-0.05, 0) is 85.0 Å². The molecule has 1 aliphatic heterocycles. The summed E-state index contributed by atoms with van der Waals surface area (Å²) in [5, 5.41) is 13.9. The van der Waals surface area contributed by atoms with Crippen molar-refractivity contribution in [2.24, 2.45) is 0 Å². The van der Waals surface area contributed by atoms with Crippen LogP contribution in [0, 0.1) is 0 Å². The maximum atomic E-state index is 11.3. The van der Waals surface area contributed by atoms with Crippen LogP contribution in [0.5, 0.6) is 0 Å². The van der Waals surface area contributed by atoms with E-state index in [9.17, 15) is 9.90 Å². The van der Waals surface area contributed by atoms with Crippen LogP contribution >= 0.6 is 0 Å². The monoisotopic (exact) mass is 423 g/mol. The number of aromatic amines is 1. The number of aromatic nitrogens is 1. The normalized spacial score (nSPS) is 20.2. The molecule has 1 spiro atoms. The van der Waals surface area contributed by atoms with Gasteiger partial charge in [0.15, 0.2) is 0 Å². The van der Waals surface area contributed by atoms with Crippen LogP contribution in [0.2, 0.25) is 0 Å². The van der Waals surface area contributed by atoms with Crippen molar-refractivity contribution in [1.82, 2.24) is 9.88 Å². The van der Waals surface area contributed by atoms with Crippen LogP contribution in [0.3, 0.4) is 0 Å². The molecular formula is C28H27N2O2-. The zero-order chi connectivity index (χ0) is 21.7. The van der Waals surface area contributed by atoms with Gasteiger partial charge in [0.25, 0.3) is 0 Å². The van der Waals surface area contributed by atoms with E-state index in [0.29, 0.717) is 0 Å². The van der Waals surface area contributed by atoms with Gasteiger partial charge in [0.1, 0.15) is 0 Å². The van der Waals surface area contributed by atoms with Crippen molar-refractivity contribution in [2.75, 3.05) is 13.1 Å². The number of carboxylic acids is 1. The molecule has 0 bridgehead atoms. The van der Waals surface area contributed by atoms with Crippen LogP contribution in [0.4, 0.5) is 0 Å². The first-order valence-corrected chi connectivity index (χ1v) is 11.6. The summed E-state index contributed by atoms with van der Waals surface area (Å²) in [4.78, 5) is 17.4. The molecule has 4 aromatic rings. The van der Waals surface area contributed by atoms with Gasteiger partial charge >= 0.3 is 0 Å². The number of nitrogens with zero attached hydrogens (tertiary/aromatic N) is 1. The highest BCUT2D eigenvalue weighted by molar-refractivity contribution is 6.07. The van der Waals surface area contributed by atoms with E-state index in [1.807, 2.05) is 6.07 Å². The van der Waals surface area contributed by atoms with Gasteiger partial charge in [-0.25, -0.2) is 0 Å². The summed E-state index contributed by atoms with van der Waals surface area (Å²) in [5.41, 5.74) is 6.45. The molecule has 1 unspecified atom stereocenters. The van der Waals surface area contributed by atoms with E-state index < -0.39 is 5.97 Å². The number of H-pyrrole nitrogens is 1. The van der Waals surface area contributed by atoms with Crippen LogP contribution in [-0.2, 0) is 16.8 Å². The summed E-state index contributed by atoms with van der Waals surface area (Å²) in [7, 11) is 0. The summed E-state index contributed by atoms with van der Waals surface area (Å²) in [6, 6.07) is 23.7. The Kier molecular flexibility index (Phi) is 4.58. The van der Waals surface area contributed by atoms with Crippen LogP contribution in [0.25, 0.3) is 21.8 Å². The van der Waals surface area contributed by atoms with E-state index in [0.717, 1.165) is 38.9 Å². The van der Waals surface area contributed by atoms with Crippen molar-refractivity contribution in [3.8, 4) is 0 Å². The maximum absolute atomic E-state index is 11.3. The highest BCUT2D eigenvalue weighted by Gasteiger charge is 2.44. The van der Waals surface area contributed by atoms with Crippen LogP contribution in [0.15, 0.2) is 66.7 Å². The first-order valence-electron chi connectivity index (χ1n) is 11.6. The molecule has 32 heavy (non-hydrogen) atoms. The third-order valence-corrected chi connectivity index (χ3v) is 7.81. The third kappa shape index (κ3) is 3.21. The van der Waals surface area contributed by atoms with Crippen molar-refractivity contribution in [3.05, 3.63) is 83.4 Å². The number of aliphatic carboxylic acids is 1. The second-order valence-corrected chi connectivity index (χ2v) is 9.67. The zero-order valence-electron chi connectivity index (χ0n) is 18.1. The number of piperidine rings is 1. The second kappa shape index (κ2) is 7.49. The number of rotatable bonds is 4. The van der Waals surface area contributed by atoms with Gasteiger partial charge in [-0.2, -0.15) is 0 Å². The fourth-order valence-corrected chi connectivity index (χ4v) is 6.28. The largest absolute Gasteiger partial charge is 0.550 e. The van der Waals surface area contributed by atoms with Crippen LogP contribution < -0.4 is 5.11 Å². The van der Waals surface area contributed by atoms with Crippen LogP contribution in [0.1, 0.15) is 48.3 Å². The van der Waals surface area contributed by atoms with Gasteiger partial charge in [-0.15, -0.1) is 0 Å². The summed E-state index contributed by atoms with van der Waals surface area (Å²) < 4.78 is 0. The molecule has 0 radical (unpaired) electrons. The van der Waals surface area contributed by atoms with E-state index in [-0.39, 0.29) is 17.8 Å². The van der Waals surface area contributed by atoms with Crippen molar-refractivity contribution in [3.63, 3.8) is 0 Å². The Morgan fingerprint density at radius 2 is 1.72 bits per heavy atom. The number of benzene rings is 3. The van der Waals surface area contributed by atoms with Crippen molar-refractivity contribution in [1.29, 1.82) is 0 Å². The Hall–Kier alpha value is -3.11. The number of hydrogen-bond donors (Lipinski definition) is 1. The summed E-state index contributed by atoms with van der Waals surface area (Å²) in [5.74, 6) is -0.848. The lowest BCUT2D eigenvalue weighted by Gasteiger charge is -2.40. The minimum atomic E-state index is -0.938. The van der Waals surface area contributed by atoms with E-state index >= 15 is 0 Å². The summed E-state index contributed by atoms with van der Waals surface area (Å²) >= 11 is 0. The lowest BCUT2D eigenvalue weighted by molar-refractivity contribution is -0.306. The molecule has 1 aromatic heterocycles. The van der Waals surface area contributed by atoms with Gasteiger partial charge in [-0.3, -0.25) is 4.90 Å². The van der Waals surface area contributed by atoms with Crippen LogP contribution in [-0.4, -0.2) is 28.9 Å². The molecule has 0 amide bonds. The summed E-state index contributed by atoms with van der Waals surface area (Å²) in [6.07, 6.45) is 3.24. The van der Waals surface area contributed by atoms with E-state index in [1.165, 1.54) is 38.5 Å². The van der Waals surface area contributed by atoms with Crippen molar-refractivity contribution >= 4 is 27.8 Å². The molecule has 1 atom stereocenters. The molecule has 0 saturated carbocycles. The first kappa shape index (κ1) is 19.6. The number of para-hydroxylation sites is 1. The van der Waals surface area contributed by atoms with Gasteiger partial charge in [0.05, 0.1) is 0 Å². The highest BCUT2D eigenvalue weighted by Crippen LogP contribution is 2.52. The number of carbonyl (C=O) groups excluding carboxylic acids is 1. The van der Waals surface area contributed by atoms with Crippen molar-refractivity contribution in [2.45, 2.75) is 43.6 Å². The molecule has 4 heteroatoms. The average molecular weight is 424 g/mol. The topological polar surface area (TPSA) is 59.2 Å². The number of carboxylic acid groups (broad SMARTS) is 1. The second-order valence-electron chi connectivity index (χ2n) is 9.67. The molecule has 1 N–H and O–H groups in total. The van der Waals surface area contributed by atoms with E-state index in [1.54, 1.807) is 0 Å². The summed E-state index contributed by atoms with van der Waals surface area (Å²) in [6.45, 7) is 3.03. The number of likely N-dealkylation sites (tertiary alicyclic amines) is 1. The number of hydrogen-bond acceptors (Lipinski definition) is 3. The molecule has 2 aliphatic rings. The van der Waals surface area contributed by atoms with Crippen molar-refractivity contribution < 1.29 is 9.90 Å². The Labute approximate surface area is 187 Å². The standard InChI is InChI=1S/C28H28N2O2/c31-27(32)16-20-17-28(24-7-3-1-5-21(20)24)11-13-30(14-12-28)18-19-9-10-26-23(15-19)22-6-2-4-8-25(22)29-26/h1-10,15,20,29H,11-14,16-18H2,(H,31,32)/p-1. The first-order chi connectivity index (χ1) is 15.6. The number of nitrogens with one attached hydrogen (secondary N) is 1. The lowest BCUT2D eigenvalue weighted by Crippen LogP contribution is -2.41. The fourth-order valence-electron chi connectivity index (χ4n) is 6.28. The highest BCUT2D eigenvalue weighted by atomic mass is 16.4. The number of fused-ring (bicyclic) bond motifs is 5. The van der Waals surface area contributed by atoms with Gasteiger partial charge in [0.2, 0.25) is 0 Å². The molecule has 1 aliphatic carbocycles. The quantitative estimate of drug-likeness (QED) is 0.526. The molecule has 2 heterocycles. The fraction of sp³-hybridized carbons (Fsp3) is 0.321. The molecule has 162 valence electrons. The predicted octanol–water partition coefficient (Wildman–Crippen LogP) is 4.48. The Morgan fingerprint density at radius 3 is 2.56 bits per heavy atom. The van der Waals surface area contributed by atoms with Gasteiger partial charge < -0.3 is 14.9 Å². The lowest BCUT2D eigenvalue weighted by atomic mass is 9.73. The average Bonchev–Trinajstić information content (AvgIpc) is 3.31. The number of carbonyl (C=O) groups is 1. The molecule has 4 nitrogen and oxygen atoms in total. The smallest absolute Gasteiger partial charge is 0.0465 e. The third-order valence-electron chi connectivity index (χ3n) is 7.81. The SMILES string of the molecule is O=C([O-])CC1CC2(CCN(Cc3ccc4[nH]c5ccccc5c4c3)CC2)c2ccccc21. The maximum Gasteiger partial charge on any atom is 0.0465 e.